The van der Waals surface area contributed by atoms with E-state index >= 15 is 0 Å². The SMILES string of the molecule is CC(=O)N(CCC(=O)NCc1ccc(Cl)cc1)c1ccc(F)cc1F. The van der Waals surface area contributed by atoms with Gasteiger partial charge >= 0.3 is 0 Å². The van der Waals surface area contributed by atoms with Crippen molar-refractivity contribution in [3.05, 3.63) is 64.7 Å². The average molecular weight is 367 g/mol. The minimum absolute atomic E-state index is 0.00959. The zero-order valence-electron chi connectivity index (χ0n) is 13.6. The maximum absolute atomic E-state index is 13.8. The summed E-state index contributed by atoms with van der Waals surface area (Å²) in [7, 11) is 0. The molecule has 0 aliphatic heterocycles. The van der Waals surface area contributed by atoms with Crippen LogP contribution in [0.25, 0.3) is 0 Å². The van der Waals surface area contributed by atoms with Gasteiger partial charge in [0.2, 0.25) is 11.8 Å². The highest BCUT2D eigenvalue weighted by molar-refractivity contribution is 6.30. The van der Waals surface area contributed by atoms with Crippen LogP contribution in [-0.4, -0.2) is 18.4 Å². The fourth-order valence-electron chi connectivity index (χ4n) is 2.25. The van der Waals surface area contributed by atoms with Crippen LogP contribution in [-0.2, 0) is 16.1 Å². The molecule has 4 nitrogen and oxygen atoms in total. The first-order chi connectivity index (χ1) is 11.9. The van der Waals surface area contributed by atoms with Gasteiger partial charge in [0.05, 0.1) is 5.69 Å². The molecule has 0 saturated carbocycles. The van der Waals surface area contributed by atoms with Gasteiger partial charge in [-0.1, -0.05) is 23.7 Å². The fourth-order valence-corrected chi connectivity index (χ4v) is 2.38. The molecule has 0 atom stereocenters. The van der Waals surface area contributed by atoms with Crippen molar-refractivity contribution in [3.63, 3.8) is 0 Å². The molecular weight excluding hydrogens is 350 g/mol. The second-order valence-corrected chi connectivity index (χ2v) is 5.86. The Hall–Kier alpha value is -2.47. The van der Waals surface area contributed by atoms with Crippen LogP contribution in [0.5, 0.6) is 0 Å². The van der Waals surface area contributed by atoms with Crippen molar-refractivity contribution in [1.82, 2.24) is 5.32 Å². The number of hydrogen-bond acceptors (Lipinski definition) is 2. The molecule has 0 radical (unpaired) electrons. The predicted molar refractivity (Wildman–Crippen MR) is 92.3 cm³/mol. The van der Waals surface area contributed by atoms with Crippen LogP contribution in [0.4, 0.5) is 14.5 Å². The number of anilines is 1. The number of nitrogens with one attached hydrogen (secondary N) is 1. The Labute approximate surface area is 149 Å². The Morgan fingerprint density at radius 1 is 1.12 bits per heavy atom. The third kappa shape index (κ3) is 5.53. The molecule has 2 aromatic rings. The first-order valence-electron chi connectivity index (χ1n) is 7.61. The van der Waals surface area contributed by atoms with E-state index in [-0.39, 0.29) is 24.6 Å². The summed E-state index contributed by atoms with van der Waals surface area (Å²) in [6.07, 6.45) is -0.00993. The molecule has 0 spiro atoms. The Morgan fingerprint density at radius 3 is 2.40 bits per heavy atom. The monoisotopic (exact) mass is 366 g/mol. The minimum Gasteiger partial charge on any atom is -0.352 e. The van der Waals surface area contributed by atoms with Crippen LogP contribution in [0.3, 0.4) is 0 Å². The zero-order chi connectivity index (χ0) is 18.4. The molecule has 0 saturated heterocycles. The Bertz CT molecular complexity index is 766. The van der Waals surface area contributed by atoms with Crippen molar-refractivity contribution in [2.75, 3.05) is 11.4 Å². The number of hydrogen-bond donors (Lipinski definition) is 1. The summed E-state index contributed by atoms with van der Waals surface area (Å²) in [5, 5.41) is 3.32. The average Bonchev–Trinajstić information content (AvgIpc) is 2.56. The molecule has 2 amide bonds. The van der Waals surface area contributed by atoms with E-state index in [0.29, 0.717) is 17.6 Å². The highest BCUT2D eigenvalue weighted by Crippen LogP contribution is 2.20. The number of carbonyl (C=O) groups is 2. The lowest BCUT2D eigenvalue weighted by atomic mass is 10.2. The van der Waals surface area contributed by atoms with Gasteiger partial charge in [0.25, 0.3) is 0 Å². The Kier molecular flexibility index (Phi) is 6.47. The minimum atomic E-state index is -0.850. The van der Waals surface area contributed by atoms with E-state index in [2.05, 4.69) is 5.32 Å². The van der Waals surface area contributed by atoms with Crippen molar-refractivity contribution in [2.45, 2.75) is 19.9 Å². The maximum atomic E-state index is 13.8. The van der Waals surface area contributed by atoms with Gasteiger partial charge < -0.3 is 10.2 Å². The molecular formula is C18H17ClF2N2O2. The van der Waals surface area contributed by atoms with Crippen LogP contribution in [0.15, 0.2) is 42.5 Å². The summed E-state index contributed by atoms with van der Waals surface area (Å²) >= 11 is 5.79. The van der Waals surface area contributed by atoms with Gasteiger partial charge in [-0.2, -0.15) is 0 Å². The van der Waals surface area contributed by atoms with E-state index in [9.17, 15) is 18.4 Å². The van der Waals surface area contributed by atoms with Gasteiger partial charge in [-0.3, -0.25) is 9.59 Å². The Morgan fingerprint density at radius 2 is 1.80 bits per heavy atom. The molecule has 0 bridgehead atoms. The first kappa shape index (κ1) is 18.9. The Balaban J connectivity index is 1.93. The second kappa shape index (κ2) is 8.58. The first-order valence-corrected chi connectivity index (χ1v) is 7.99. The molecule has 0 heterocycles. The van der Waals surface area contributed by atoms with Crippen molar-refractivity contribution in [1.29, 1.82) is 0 Å². The second-order valence-electron chi connectivity index (χ2n) is 5.42. The number of carbonyl (C=O) groups excluding carboxylic acids is 2. The van der Waals surface area contributed by atoms with Gasteiger partial charge in [-0.25, -0.2) is 8.78 Å². The topological polar surface area (TPSA) is 49.4 Å². The van der Waals surface area contributed by atoms with Gasteiger partial charge in [-0.15, -0.1) is 0 Å². The molecule has 0 aliphatic carbocycles. The van der Waals surface area contributed by atoms with E-state index in [1.807, 2.05) is 0 Å². The molecule has 25 heavy (non-hydrogen) atoms. The fraction of sp³-hybridized carbons (Fsp3) is 0.222. The summed E-state index contributed by atoms with van der Waals surface area (Å²) in [6.45, 7) is 1.57. The molecule has 0 aliphatic rings. The number of amides is 2. The van der Waals surface area contributed by atoms with Gasteiger partial charge in [0, 0.05) is 37.5 Å². The molecule has 132 valence electrons. The smallest absolute Gasteiger partial charge is 0.223 e. The van der Waals surface area contributed by atoms with Crippen molar-refractivity contribution in [2.24, 2.45) is 0 Å². The molecule has 0 unspecified atom stereocenters. The van der Waals surface area contributed by atoms with E-state index in [4.69, 9.17) is 11.6 Å². The quantitative estimate of drug-likeness (QED) is 0.847. The maximum Gasteiger partial charge on any atom is 0.223 e. The van der Waals surface area contributed by atoms with Crippen LogP contribution in [0.1, 0.15) is 18.9 Å². The summed E-state index contributed by atoms with van der Waals surface area (Å²) in [6, 6.07) is 9.96. The number of rotatable bonds is 6. The number of halogens is 3. The molecule has 1 N–H and O–H groups in total. The lowest BCUT2D eigenvalue weighted by Gasteiger charge is -2.21. The highest BCUT2D eigenvalue weighted by Gasteiger charge is 2.17. The van der Waals surface area contributed by atoms with E-state index < -0.39 is 17.5 Å². The van der Waals surface area contributed by atoms with E-state index in [1.165, 1.54) is 13.0 Å². The number of benzene rings is 2. The molecule has 7 heteroatoms. The van der Waals surface area contributed by atoms with Crippen LogP contribution >= 0.6 is 11.6 Å². The zero-order valence-corrected chi connectivity index (χ0v) is 14.3. The number of nitrogens with zero attached hydrogens (tertiary/aromatic N) is 1. The van der Waals surface area contributed by atoms with Crippen molar-refractivity contribution < 1.29 is 18.4 Å². The van der Waals surface area contributed by atoms with Crippen LogP contribution in [0, 0.1) is 11.6 Å². The lowest BCUT2D eigenvalue weighted by Crippen LogP contribution is -2.34. The van der Waals surface area contributed by atoms with Gasteiger partial charge in [-0.05, 0) is 29.8 Å². The predicted octanol–water partition coefficient (Wildman–Crippen LogP) is 3.68. The molecule has 2 aromatic carbocycles. The summed E-state index contributed by atoms with van der Waals surface area (Å²) < 4.78 is 26.8. The van der Waals surface area contributed by atoms with E-state index in [0.717, 1.165) is 16.5 Å². The lowest BCUT2D eigenvalue weighted by molar-refractivity contribution is -0.121. The van der Waals surface area contributed by atoms with Crippen molar-refractivity contribution in [3.8, 4) is 0 Å². The standard InChI is InChI=1S/C18H17ClF2N2O2/c1-12(24)23(17-7-6-15(20)10-16(17)21)9-8-18(25)22-11-13-2-4-14(19)5-3-13/h2-7,10H,8-9,11H2,1H3,(H,22,25). The van der Waals surface area contributed by atoms with E-state index in [1.54, 1.807) is 24.3 Å². The molecule has 0 fully saturated rings. The summed E-state index contributed by atoms with van der Waals surface area (Å²) in [4.78, 5) is 24.8. The summed E-state index contributed by atoms with van der Waals surface area (Å²) in [5.41, 5.74) is 0.824. The molecule has 2 rings (SSSR count). The van der Waals surface area contributed by atoms with Crippen LogP contribution < -0.4 is 10.2 Å². The summed E-state index contributed by atoms with van der Waals surface area (Å²) in [5.74, 6) is -2.30. The largest absolute Gasteiger partial charge is 0.352 e. The van der Waals surface area contributed by atoms with Crippen molar-refractivity contribution >= 4 is 29.1 Å². The van der Waals surface area contributed by atoms with Gasteiger partial charge in [0.15, 0.2) is 0 Å². The highest BCUT2D eigenvalue weighted by atomic mass is 35.5. The third-order valence-corrected chi connectivity index (χ3v) is 3.80. The van der Waals surface area contributed by atoms with Crippen LogP contribution in [0.2, 0.25) is 5.02 Å². The molecule has 0 aromatic heterocycles. The normalized spacial score (nSPS) is 10.4. The van der Waals surface area contributed by atoms with Gasteiger partial charge in [0.1, 0.15) is 11.6 Å². The third-order valence-electron chi connectivity index (χ3n) is 3.55.